The van der Waals surface area contributed by atoms with Gasteiger partial charge in [-0.3, -0.25) is 14.4 Å². The van der Waals surface area contributed by atoms with Crippen LogP contribution in [0.4, 0.5) is 0 Å². The fourth-order valence-electron chi connectivity index (χ4n) is 4.40. The van der Waals surface area contributed by atoms with Crippen LogP contribution in [-0.2, 0) is 14.3 Å². The Hall–Kier alpha value is -3.17. The second-order valence-corrected chi connectivity index (χ2v) is 7.85. The number of Topliss-reactive ketones (excluding diaryl/α,β-unsaturated/α-hetero) is 2. The summed E-state index contributed by atoms with van der Waals surface area (Å²) >= 11 is 0. The van der Waals surface area contributed by atoms with Gasteiger partial charge < -0.3 is 28.4 Å². The van der Waals surface area contributed by atoms with Crippen molar-refractivity contribution < 1.29 is 37.9 Å². The SMILES string of the molecule is COc1ccc(C2C(C(=O)c3ccco3)C(=O)C(=O)N2CC[NH+]2CCOCC2)c(OC)c1. The predicted octanol–water partition coefficient (Wildman–Crippen LogP) is 0.163. The maximum absolute atomic E-state index is 13.2. The Morgan fingerprint density at radius 3 is 2.59 bits per heavy atom. The minimum Gasteiger partial charge on any atom is -0.497 e. The number of hydrogen-bond acceptors (Lipinski definition) is 7. The van der Waals surface area contributed by atoms with Crippen LogP contribution in [0.2, 0.25) is 0 Å². The molecule has 1 N–H and O–H groups in total. The molecule has 0 spiro atoms. The molecule has 9 nitrogen and oxygen atoms in total. The number of carbonyl (C=O) groups excluding carboxylic acids is 3. The number of ketones is 2. The van der Waals surface area contributed by atoms with Crippen LogP contribution in [0.3, 0.4) is 0 Å². The summed E-state index contributed by atoms with van der Waals surface area (Å²) in [5.74, 6) is -2.06. The number of rotatable bonds is 8. The van der Waals surface area contributed by atoms with Gasteiger partial charge in [0.1, 0.15) is 30.5 Å². The van der Waals surface area contributed by atoms with Crippen LogP contribution in [0.15, 0.2) is 41.0 Å². The van der Waals surface area contributed by atoms with Crippen LogP contribution in [0.1, 0.15) is 22.2 Å². The molecule has 0 bridgehead atoms. The van der Waals surface area contributed by atoms with Crippen LogP contribution >= 0.6 is 0 Å². The van der Waals surface area contributed by atoms with Gasteiger partial charge in [-0.2, -0.15) is 0 Å². The number of quaternary nitrogens is 1. The lowest BCUT2D eigenvalue weighted by Crippen LogP contribution is -3.14. The first-order valence-electron chi connectivity index (χ1n) is 10.6. The molecule has 2 aliphatic heterocycles. The average molecular weight is 443 g/mol. The second kappa shape index (κ2) is 9.54. The highest BCUT2D eigenvalue weighted by Crippen LogP contribution is 2.42. The number of nitrogens with one attached hydrogen (secondary N) is 1. The van der Waals surface area contributed by atoms with E-state index in [4.69, 9.17) is 18.6 Å². The highest BCUT2D eigenvalue weighted by atomic mass is 16.5. The number of amides is 1. The van der Waals surface area contributed by atoms with Crippen LogP contribution in [0.5, 0.6) is 11.5 Å². The molecule has 2 saturated heterocycles. The highest BCUT2D eigenvalue weighted by molar-refractivity contribution is 6.43. The molecule has 4 rings (SSSR count). The number of carbonyl (C=O) groups is 3. The number of ether oxygens (including phenoxy) is 3. The number of furan rings is 1. The summed E-state index contributed by atoms with van der Waals surface area (Å²) < 4.78 is 21.5. The second-order valence-electron chi connectivity index (χ2n) is 7.85. The van der Waals surface area contributed by atoms with Crippen LogP contribution in [0, 0.1) is 5.92 Å². The Bertz CT molecular complexity index is 982. The van der Waals surface area contributed by atoms with Crippen molar-refractivity contribution in [3.63, 3.8) is 0 Å². The number of methoxy groups -OCH3 is 2. The van der Waals surface area contributed by atoms with Gasteiger partial charge in [0.25, 0.3) is 5.91 Å². The molecule has 170 valence electrons. The Labute approximate surface area is 185 Å². The molecule has 0 saturated carbocycles. The third-order valence-corrected chi connectivity index (χ3v) is 6.12. The monoisotopic (exact) mass is 443 g/mol. The van der Waals surface area contributed by atoms with Gasteiger partial charge in [0, 0.05) is 11.6 Å². The number of benzene rings is 1. The van der Waals surface area contributed by atoms with Gasteiger partial charge in [0.2, 0.25) is 11.6 Å². The molecule has 3 heterocycles. The highest BCUT2D eigenvalue weighted by Gasteiger charge is 2.53. The van der Waals surface area contributed by atoms with Crippen molar-refractivity contribution in [2.24, 2.45) is 5.92 Å². The summed E-state index contributed by atoms with van der Waals surface area (Å²) in [7, 11) is 3.04. The molecule has 2 unspecified atom stereocenters. The van der Waals surface area contributed by atoms with Gasteiger partial charge in [0.05, 0.1) is 52.8 Å². The molecular formula is C23H27N2O7+. The van der Waals surface area contributed by atoms with E-state index in [2.05, 4.69) is 0 Å². The summed E-state index contributed by atoms with van der Waals surface area (Å²) in [6.45, 7) is 3.98. The van der Waals surface area contributed by atoms with Crippen LogP contribution < -0.4 is 14.4 Å². The zero-order chi connectivity index (χ0) is 22.7. The Kier molecular flexibility index (Phi) is 6.57. The molecule has 1 amide bonds. The molecule has 2 fully saturated rings. The van der Waals surface area contributed by atoms with Gasteiger partial charge in [-0.15, -0.1) is 0 Å². The smallest absolute Gasteiger partial charge is 0.291 e. The van der Waals surface area contributed by atoms with Gasteiger partial charge in [0.15, 0.2) is 5.76 Å². The van der Waals surface area contributed by atoms with Crippen molar-refractivity contribution in [1.82, 2.24) is 4.90 Å². The van der Waals surface area contributed by atoms with Gasteiger partial charge in [-0.1, -0.05) is 0 Å². The van der Waals surface area contributed by atoms with Crippen molar-refractivity contribution in [2.75, 3.05) is 53.6 Å². The van der Waals surface area contributed by atoms with E-state index in [9.17, 15) is 14.4 Å². The van der Waals surface area contributed by atoms with Gasteiger partial charge in [-0.25, -0.2) is 0 Å². The molecule has 1 aromatic heterocycles. The largest absolute Gasteiger partial charge is 0.497 e. The predicted molar refractivity (Wildman–Crippen MR) is 112 cm³/mol. The van der Waals surface area contributed by atoms with E-state index in [1.54, 1.807) is 24.3 Å². The first-order valence-corrected chi connectivity index (χ1v) is 10.6. The molecule has 1 aromatic carbocycles. The first kappa shape index (κ1) is 22.0. The van der Waals surface area contributed by atoms with E-state index >= 15 is 0 Å². The lowest BCUT2D eigenvalue weighted by molar-refractivity contribution is -0.907. The van der Waals surface area contributed by atoms with Crippen LogP contribution in [0.25, 0.3) is 0 Å². The summed E-state index contributed by atoms with van der Waals surface area (Å²) in [6.07, 6.45) is 1.37. The molecule has 0 radical (unpaired) electrons. The standard InChI is InChI=1S/C23H26N2O7/c1-29-15-5-6-16(18(14-15)30-2)20-19(21(26)17-4-3-11-32-17)22(27)23(28)25(20)8-7-24-9-12-31-13-10-24/h3-6,11,14,19-20H,7-10,12-13H2,1-2H3/p+1. The first-order chi connectivity index (χ1) is 15.5. The van der Waals surface area contributed by atoms with Gasteiger partial charge >= 0.3 is 0 Å². The van der Waals surface area contributed by atoms with Crippen LogP contribution in [-0.4, -0.2) is 76.0 Å². The van der Waals surface area contributed by atoms with E-state index < -0.39 is 29.4 Å². The fraction of sp³-hybridized carbons (Fsp3) is 0.435. The molecular weight excluding hydrogens is 416 g/mol. The quantitative estimate of drug-likeness (QED) is 0.353. The van der Waals surface area contributed by atoms with Crippen molar-refractivity contribution in [2.45, 2.75) is 6.04 Å². The normalized spacial score (nSPS) is 21.8. The van der Waals surface area contributed by atoms with E-state index in [0.717, 1.165) is 13.1 Å². The maximum Gasteiger partial charge on any atom is 0.291 e. The van der Waals surface area contributed by atoms with Crippen molar-refractivity contribution in [1.29, 1.82) is 0 Å². The zero-order valence-electron chi connectivity index (χ0n) is 18.2. The summed E-state index contributed by atoms with van der Waals surface area (Å²) in [4.78, 5) is 42.2. The summed E-state index contributed by atoms with van der Waals surface area (Å²) in [5.41, 5.74) is 0.578. The van der Waals surface area contributed by atoms with E-state index in [1.807, 2.05) is 0 Å². The van der Waals surface area contributed by atoms with Crippen molar-refractivity contribution >= 4 is 17.5 Å². The number of morpholine rings is 1. The van der Waals surface area contributed by atoms with E-state index in [1.165, 1.54) is 36.3 Å². The molecule has 2 aromatic rings. The zero-order valence-corrected chi connectivity index (χ0v) is 18.2. The van der Waals surface area contributed by atoms with E-state index in [-0.39, 0.29) is 5.76 Å². The molecule has 0 aliphatic carbocycles. The lowest BCUT2D eigenvalue weighted by atomic mass is 9.87. The van der Waals surface area contributed by atoms with E-state index in [0.29, 0.717) is 43.4 Å². The maximum atomic E-state index is 13.2. The van der Waals surface area contributed by atoms with Crippen molar-refractivity contribution in [3.8, 4) is 11.5 Å². The Balaban J connectivity index is 1.71. The number of hydrogen-bond donors (Lipinski definition) is 1. The number of likely N-dealkylation sites (tertiary alicyclic amines) is 1. The fourth-order valence-corrected chi connectivity index (χ4v) is 4.40. The topological polar surface area (TPSA) is 99.7 Å². The minimum absolute atomic E-state index is 0.0503. The minimum atomic E-state index is -1.21. The van der Waals surface area contributed by atoms with Crippen molar-refractivity contribution in [3.05, 3.63) is 47.9 Å². The third-order valence-electron chi connectivity index (χ3n) is 6.12. The number of nitrogens with zero attached hydrogens (tertiary/aromatic N) is 1. The lowest BCUT2D eigenvalue weighted by Gasteiger charge is -2.30. The molecule has 2 atom stereocenters. The average Bonchev–Trinajstić information content (AvgIpc) is 3.45. The Morgan fingerprint density at radius 1 is 1.16 bits per heavy atom. The summed E-state index contributed by atoms with van der Waals surface area (Å²) in [5, 5.41) is 0. The summed E-state index contributed by atoms with van der Waals surface area (Å²) in [6, 6.07) is 7.44. The molecule has 32 heavy (non-hydrogen) atoms. The van der Waals surface area contributed by atoms with Gasteiger partial charge in [-0.05, 0) is 24.3 Å². The Morgan fingerprint density at radius 2 is 1.94 bits per heavy atom. The third kappa shape index (κ3) is 4.13. The molecule has 9 heteroatoms. The molecule has 2 aliphatic rings.